The highest BCUT2D eigenvalue weighted by Crippen LogP contribution is 2.59. The molecule has 0 aromatic heterocycles. The number of aliphatic hydroxyl groups excluding tert-OH is 2. The third-order valence-corrected chi connectivity index (χ3v) is 9.37. The van der Waals surface area contributed by atoms with Crippen LogP contribution in [0.25, 0.3) is 0 Å². The minimum absolute atomic E-state index is 0.404. The molecule has 3 aliphatic carbocycles. The van der Waals surface area contributed by atoms with E-state index in [1.54, 1.807) is 5.57 Å². The molecule has 0 amide bonds. The third kappa shape index (κ3) is 4.94. The fourth-order valence-electron chi connectivity index (χ4n) is 7.34. The first-order valence-electron chi connectivity index (χ1n) is 13.1. The van der Waals surface area contributed by atoms with Gasteiger partial charge in [-0.3, -0.25) is 4.90 Å². The van der Waals surface area contributed by atoms with Crippen molar-refractivity contribution >= 4 is 0 Å². The lowest BCUT2D eigenvalue weighted by Crippen LogP contribution is -2.45. The van der Waals surface area contributed by atoms with Crippen LogP contribution in [0, 0.1) is 23.2 Å². The van der Waals surface area contributed by atoms with E-state index < -0.39 is 12.2 Å². The lowest BCUT2D eigenvalue weighted by molar-refractivity contribution is -0.00570. The van der Waals surface area contributed by atoms with E-state index in [0.29, 0.717) is 30.2 Å². The van der Waals surface area contributed by atoms with Crippen LogP contribution in [0.4, 0.5) is 0 Å². The van der Waals surface area contributed by atoms with Gasteiger partial charge in [0.25, 0.3) is 0 Å². The number of rotatable bonds is 5. The lowest BCUT2D eigenvalue weighted by Gasteiger charge is -2.45. The Morgan fingerprint density at radius 2 is 2.09 bits per heavy atom. The van der Waals surface area contributed by atoms with Crippen molar-refractivity contribution in [3.8, 4) is 0 Å². The number of fused-ring (bicyclic) bond motifs is 1. The fourth-order valence-corrected chi connectivity index (χ4v) is 7.34. The monoisotopic (exact) mass is 443 g/mol. The average Bonchev–Trinajstić information content (AvgIpc) is 3.12. The molecular formula is C28H45NO3. The topological polar surface area (TPSA) is 52.9 Å². The summed E-state index contributed by atoms with van der Waals surface area (Å²) in [6.45, 7) is 15.5. The highest BCUT2D eigenvalue weighted by atomic mass is 16.5. The summed E-state index contributed by atoms with van der Waals surface area (Å²) in [6, 6.07) is 0.548. The van der Waals surface area contributed by atoms with Crippen LogP contribution < -0.4 is 0 Å². The van der Waals surface area contributed by atoms with E-state index in [-0.39, 0.29) is 0 Å². The molecule has 0 bridgehead atoms. The summed E-state index contributed by atoms with van der Waals surface area (Å²) >= 11 is 0. The van der Waals surface area contributed by atoms with Crippen molar-refractivity contribution in [1.82, 2.24) is 4.90 Å². The first-order valence-corrected chi connectivity index (χ1v) is 13.1. The van der Waals surface area contributed by atoms with Gasteiger partial charge in [0.05, 0.1) is 25.4 Å². The first-order chi connectivity index (χ1) is 15.3. The van der Waals surface area contributed by atoms with Crippen LogP contribution in [0.3, 0.4) is 0 Å². The van der Waals surface area contributed by atoms with Gasteiger partial charge in [-0.1, -0.05) is 38.2 Å². The molecule has 3 saturated carbocycles. The van der Waals surface area contributed by atoms with E-state index in [2.05, 4.69) is 44.4 Å². The Bertz CT molecular complexity index is 743. The van der Waals surface area contributed by atoms with Crippen molar-refractivity contribution in [2.75, 3.05) is 26.3 Å². The summed E-state index contributed by atoms with van der Waals surface area (Å²) in [5.41, 5.74) is 3.81. The Morgan fingerprint density at radius 1 is 1.28 bits per heavy atom. The molecule has 180 valence electrons. The summed E-state index contributed by atoms with van der Waals surface area (Å²) in [5.74, 6) is 2.23. The summed E-state index contributed by atoms with van der Waals surface area (Å²) in [6.07, 6.45) is 12.2. The second-order valence-corrected chi connectivity index (χ2v) is 11.4. The molecule has 2 N–H and O–H groups in total. The quantitative estimate of drug-likeness (QED) is 0.636. The number of hydrogen-bond donors (Lipinski definition) is 2. The van der Waals surface area contributed by atoms with Gasteiger partial charge in [-0.25, -0.2) is 0 Å². The SMILES string of the molecule is C=C1C(=CC=C2CCC[C@]3(C)[C@@H](C(C)CCN4CCOCC4C)CC[C@@H]23)C[C@@H](O)C[C@H]1O. The Morgan fingerprint density at radius 3 is 2.88 bits per heavy atom. The lowest BCUT2D eigenvalue weighted by atomic mass is 9.61. The van der Waals surface area contributed by atoms with E-state index in [9.17, 15) is 10.2 Å². The van der Waals surface area contributed by atoms with E-state index >= 15 is 0 Å². The highest BCUT2D eigenvalue weighted by Gasteiger charge is 2.50. The third-order valence-electron chi connectivity index (χ3n) is 9.37. The molecule has 4 heteroatoms. The Hall–Kier alpha value is -0.940. The van der Waals surface area contributed by atoms with Gasteiger partial charge in [-0.2, -0.15) is 0 Å². The molecule has 32 heavy (non-hydrogen) atoms. The Labute approximate surface area is 195 Å². The minimum atomic E-state index is -0.606. The van der Waals surface area contributed by atoms with Crippen molar-refractivity contribution in [2.45, 2.75) is 90.4 Å². The molecule has 4 aliphatic rings. The molecule has 4 rings (SSSR count). The maximum atomic E-state index is 10.2. The fraction of sp³-hybridized carbons (Fsp3) is 0.786. The van der Waals surface area contributed by atoms with Gasteiger partial charge >= 0.3 is 0 Å². The molecule has 1 saturated heterocycles. The molecule has 1 heterocycles. The van der Waals surface area contributed by atoms with Crippen molar-refractivity contribution in [3.63, 3.8) is 0 Å². The maximum absolute atomic E-state index is 10.2. The zero-order chi connectivity index (χ0) is 22.9. The number of allylic oxidation sites excluding steroid dienone is 3. The van der Waals surface area contributed by atoms with Crippen LogP contribution in [0.5, 0.6) is 0 Å². The van der Waals surface area contributed by atoms with E-state index in [0.717, 1.165) is 42.7 Å². The van der Waals surface area contributed by atoms with Crippen LogP contribution in [0.15, 0.2) is 35.5 Å². The van der Waals surface area contributed by atoms with Gasteiger partial charge in [0.2, 0.25) is 0 Å². The molecular weight excluding hydrogens is 398 g/mol. The zero-order valence-corrected chi connectivity index (χ0v) is 20.6. The van der Waals surface area contributed by atoms with Crippen LogP contribution >= 0.6 is 0 Å². The molecule has 7 atom stereocenters. The van der Waals surface area contributed by atoms with E-state index in [1.165, 1.54) is 45.1 Å². The first kappa shape index (κ1) is 24.2. The zero-order valence-electron chi connectivity index (χ0n) is 20.6. The van der Waals surface area contributed by atoms with Crippen LogP contribution in [-0.2, 0) is 4.74 Å². The normalized spacial score (nSPS) is 42.4. The van der Waals surface area contributed by atoms with Gasteiger partial charge in [0.15, 0.2) is 0 Å². The van der Waals surface area contributed by atoms with Gasteiger partial charge in [0.1, 0.15) is 0 Å². The van der Waals surface area contributed by atoms with Crippen LogP contribution in [0.2, 0.25) is 0 Å². The molecule has 0 spiro atoms. The molecule has 2 unspecified atom stereocenters. The van der Waals surface area contributed by atoms with Crippen LogP contribution in [0.1, 0.15) is 72.1 Å². The van der Waals surface area contributed by atoms with Gasteiger partial charge in [-0.05, 0) is 92.7 Å². The molecule has 1 aliphatic heterocycles. The number of aliphatic hydroxyl groups is 2. The van der Waals surface area contributed by atoms with Crippen molar-refractivity contribution in [1.29, 1.82) is 0 Å². The van der Waals surface area contributed by atoms with Crippen molar-refractivity contribution < 1.29 is 14.9 Å². The van der Waals surface area contributed by atoms with Gasteiger partial charge < -0.3 is 14.9 Å². The smallest absolute Gasteiger partial charge is 0.0811 e. The number of nitrogens with zero attached hydrogens (tertiary/aromatic N) is 1. The van der Waals surface area contributed by atoms with Crippen molar-refractivity contribution in [2.24, 2.45) is 23.2 Å². The predicted molar refractivity (Wildman–Crippen MR) is 130 cm³/mol. The molecule has 0 aromatic carbocycles. The second-order valence-electron chi connectivity index (χ2n) is 11.4. The second kappa shape index (κ2) is 10.1. The summed E-state index contributed by atoms with van der Waals surface area (Å²) in [7, 11) is 0. The number of hydrogen-bond acceptors (Lipinski definition) is 4. The molecule has 4 nitrogen and oxygen atoms in total. The number of morpholine rings is 1. The highest BCUT2D eigenvalue weighted by molar-refractivity contribution is 5.38. The number of ether oxygens (including phenoxy) is 1. The molecule has 4 fully saturated rings. The Kier molecular flexibility index (Phi) is 7.66. The predicted octanol–water partition coefficient (Wildman–Crippen LogP) is 4.87. The van der Waals surface area contributed by atoms with E-state index in [4.69, 9.17) is 4.74 Å². The van der Waals surface area contributed by atoms with Gasteiger partial charge in [-0.15, -0.1) is 0 Å². The van der Waals surface area contributed by atoms with Crippen molar-refractivity contribution in [3.05, 3.63) is 35.5 Å². The Balaban J connectivity index is 1.43. The molecule has 0 aromatic rings. The van der Waals surface area contributed by atoms with E-state index in [1.807, 2.05) is 0 Å². The summed E-state index contributed by atoms with van der Waals surface area (Å²) < 4.78 is 5.62. The average molecular weight is 444 g/mol. The standard InChI is InChI=1S/C28H45NO3/c1-19(11-13-29-14-15-32-18-20(29)2)25-9-10-26-22(6-5-12-28(25,26)4)7-8-23-16-24(30)17-27(31)21(23)3/h7-8,19-20,24-27,30-31H,3,5-6,9-18H2,1-2,4H3/t19?,20?,24-,25-,26+,27-,28-/m1/s1. The van der Waals surface area contributed by atoms with Crippen LogP contribution in [-0.4, -0.2) is 59.7 Å². The van der Waals surface area contributed by atoms with Gasteiger partial charge in [0, 0.05) is 19.0 Å². The summed E-state index contributed by atoms with van der Waals surface area (Å²) in [4.78, 5) is 2.62. The minimum Gasteiger partial charge on any atom is -0.393 e. The maximum Gasteiger partial charge on any atom is 0.0811 e. The molecule has 0 radical (unpaired) electrons. The largest absolute Gasteiger partial charge is 0.393 e. The summed E-state index contributed by atoms with van der Waals surface area (Å²) in [5, 5.41) is 20.3.